The Morgan fingerprint density at radius 3 is 1.86 bits per heavy atom. The van der Waals surface area contributed by atoms with E-state index < -0.39 is 0 Å². The van der Waals surface area contributed by atoms with E-state index in [2.05, 4.69) is 207 Å². The smallest absolute Gasteiger partial charge is 0.143 e. The highest BCUT2D eigenvalue weighted by molar-refractivity contribution is 6.17. The van der Waals surface area contributed by atoms with Gasteiger partial charge in [-0.25, -0.2) is 0 Å². The summed E-state index contributed by atoms with van der Waals surface area (Å²) < 4.78 is 6.94. The zero-order valence-electron chi connectivity index (χ0n) is 32.2. The molecule has 0 unspecified atom stereocenters. The highest BCUT2D eigenvalue weighted by Crippen LogP contribution is 2.55. The Bertz CT molecular complexity index is 3070. The number of nitrogens with zero attached hydrogens (tertiary/aromatic N) is 1. The molecule has 1 heterocycles. The maximum Gasteiger partial charge on any atom is 0.143 e. The SMILES string of the molecule is CC1(C)C2=C(C(N(c3ccc(-c4ccc(-c5ccccc5)cc4)cc3)c3ccccc3-c3cccc4c3oc3c5ccccc5ccc43)=CCC2)c2ccccc21. The van der Waals surface area contributed by atoms with Gasteiger partial charge in [0.05, 0.1) is 11.4 Å². The number of allylic oxidation sites excluding steroid dienone is 3. The zero-order valence-corrected chi connectivity index (χ0v) is 32.2. The number of hydrogen-bond donors (Lipinski definition) is 0. The molecule has 2 heteroatoms. The van der Waals surface area contributed by atoms with Gasteiger partial charge >= 0.3 is 0 Å². The molecule has 0 saturated carbocycles. The van der Waals surface area contributed by atoms with Crippen molar-refractivity contribution in [3.8, 4) is 33.4 Å². The lowest BCUT2D eigenvalue weighted by Gasteiger charge is -2.34. The van der Waals surface area contributed by atoms with Crippen LogP contribution in [0.4, 0.5) is 11.4 Å². The van der Waals surface area contributed by atoms with Crippen LogP contribution < -0.4 is 4.90 Å². The Balaban J connectivity index is 1.09. The van der Waals surface area contributed by atoms with Crippen LogP contribution in [0.1, 0.15) is 37.8 Å². The Morgan fingerprint density at radius 2 is 1.07 bits per heavy atom. The van der Waals surface area contributed by atoms with Crippen LogP contribution in [-0.4, -0.2) is 0 Å². The lowest BCUT2D eigenvalue weighted by molar-refractivity contribution is 0.606. The standard InChI is InChI=1S/C55H41NO/c1-55(2)48-22-10-8-19-47(48)52-49(55)23-13-25-51(52)56(41-33-30-39(31-34-41)38-28-26-37(27-29-38)36-14-4-3-5-15-36)50-24-11-9-18-43(50)44-20-12-21-45-46-35-32-40-16-6-7-17-42(40)53(46)57-54(44)45/h3-12,14-22,24-35H,13,23H2,1-2H3. The summed E-state index contributed by atoms with van der Waals surface area (Å²) in [6.07, 6.45) is 4.51. The lowest BCUT2D eigenvalue weighted by atomic mass is 9.78. The molecule has 57 heavy (non-hydrogen) atoms. The van der Waals surface area contributed by atoms with E-state index in [0.29, 0.717) is 0 Å². The average molecular weight is 732 g/mol. The van der Waals surface area contributed by atoms with Gasteiger partial charge in [-0.2, -0.15) is 0 Å². The van der Waals surface area contributed by atoms with E-state index in [1.165, 1.54) is 55.6 Å². The van der Waals surface area contributed by atoms with Crippen molar-refractivity contribution in [2.45, 2.75) is 32.1 Å². The van der Waals surface area contributed by atoms with Crippen LogP contribution in [0.3, 0.4) is 0 Å². The summed E-state index contributed by atoms with van der Waals surface area (Å²) in [4.78, 5) is 2.52. The highest BCUT2D eigenvalue weighted by atomic mass is 16.3. The first-order chi connectivity index (χ1) is 28.0. The van der Waals surface area contributed by atoms with E-state index in [0.717, 1.165) is 62.7 Å². The summed E-state index contributed by atoms with van der Waals surface area (Å²) in [6, 6.07) is 66.1. The fourth-order valence-electron chi connectivity index (χ4n) is 9.60. The molecule has 2 nitrogen and oxygen atoms in total. The zero-order chi connectivity index (χ0) is 38.1. The molecule has 0 amide bonds. The fourth-order valence-corrected chi connectivity index (χ4v) is 9.60. The third-order valence-electron chi connectivity index (χ3n) is 12.4. The highest BCUT2D eigenvalue weighted by Gasteiger charge is 2.41. The van der Waals surface area contributed by atoms with Crippen molar-refractivity contribution < 1.29 is 4.42 Å². The molecule has 0 bridgehead atoms. The van der Waals surface area contributed by atoms with Crippen LogP contribution in [0.2, 0.25) is 0 Å². The molecule has 0 N–H and O–H groups in total. The molecule has 1 aromatic heterocycles. The van der Waals surface area contributed by atoms with Crippen molar-refractivity contribution in [1.29, 1.82) is 0 Å². The minimum Gasteiger partial charge on any atom is -0.455 e. The first kappa shape index (κ1) is 33.4. The minimum atomic E-state index is -0.0466. The molecule has 2 aliphatic rings. The van der Waals surface area contributed by atoms with Crippen molar-refractivity contribution in [3.05, 3.63) is 210 Å². The van der Waals surface area contributed by atoms with Gasteiger partial charge in [0.25, 0.3) is 0 Å². The average Bonchev–Trinajstić information content (AvgIpc) is 3.77. The Morgan fingerprint density at radius 1 is 0.474 bits per heavy atom. The number of fused-ring (bicyclic) bond motifs is 7. The number of rotatable bonds is 6. The Labute approximate surface area is 333 Å². The number of benzene rings is 8. The van der Waals surface area contributed by atoms with E-state index >= 15 is 0 Å². The second-order valence-corrected chi connectivity index (χ2v) is 15.9. The van der Waals surface area contributed by atoms with Crippen LogP contribution in [0, 0.1) is 0 Å². The van der Waals surface area contributed by atoms with E-state index in [9.17, 15) is 0 Å². The summed E-state index contributed by atoms with van der Waals surface area (Å²) in [5, 5.41) is 4.59. The molecule has 0 radical (unpaired) electrons. The van der Waals surface area contributed by atoms with Gasteiger partial charge in [-0.05, 0) is 81.4 Å². The van der Waals surface area contributed by atoms with Gasteiger partial charge < -0.3 is 9.32 Å². The van der Waals surface area contributed by atoms with Gasteiger partial charge in [0.2, 0.25) is 0 Å². The first-order valence-corrected chi connectivity index (χ1v) is 20.1. The molecule has 9 aromatic rings. The van der Waals surface area contributed by atoms with Crippen LogP contribution in [0.15, 0.2) is 204 Å². The maximum absolute atomic E-state index is 6.94. The number of anilines is 2. The molecule has 8 aromatic carbocycles. The minimum absolute atomic E-state index is 0.0466. The molecule has 0 fully saturated rings. The van der Waals surface area contributed by atoms with Crippen LogP contribution in [-0.2, 0) is 5.41 Å². The van der Waals surface area contributed by atoms with Crippen LogP contribution >= 0.6 is 0 Å². The normalized spacial score (nSPS) is 14.5. The Hall–Kier alpha value is -6.90. The van der Waals surface area contributed by atoms with Crippen molar-refractivity contribution in [1.82, 2.24) is 0 Å². The fraction of sp³-hybridized carbons (Fsp3) is 0.0909. The second-order valence-electron chi connectivity index (χ2n) is 15.9. The molecule has 2 aliphatic carbocycles. The molecular formula is C55H41NO. The van der Waals surface area contributed by atoms with Crippen LogP contribution in [0.25, 0.3) is 71.7 Å². The molecule has 11 rings (SSSR count). The Kier molecular flexibility index (Phi) is 7.69. The molecule has 0 aliphatic heterocycles. The summed E-state index contributed by atoms with van der Waals surface area (Å²) >= 11 is 0. The van der Waals surface area contributed by atoms with Crippen molar-refractivity contribution in [2.24, 2.45) is 0 Å². The molecule has 0 saturated heterocycles. The lowest BCUT2D eigenvalue weighted by Crippen LogP contribution is -2.22. The maximum atomic E-state index is 6.94. The van der Waals surface area contributed by atoms with Crippen molar-refractivity contribution in [2.75, 3.05) is 4.90 Å². The third kappa shape index (κ3) is 5.32. The third-order valence-corrected chi connectivity index (χ3v) is 12.4. The quantitative estimate of drug-likeness (QED) is 0.169. The van der Waals surface area contributed by atoms with Gasteiger partial charge in [-0.1, -0.05) is 178 Å². The van der Waals surface area contributed by atoms with Crippen LogP contribution in [0.5, 0.6) is 0 Å². The topological polar surface area (TPSA) is 16.4 Å². The van der Waals surface area contributed by atoms with Gasteiger partial charge in [-0.15, -0.1) is 0 Å². The molecular weight excluding hydrogens is 691 g/mol. The van der Waals surface area contributed by atoms with E-state index in [4.69, 9.17) is 4.42 Å². The van der Waals surface area contributed by atoms with E-state index in [1.54, 1.807) is 0 Å². The largest absolute Gasteiger partial charge is 0.455 e. The summed E-state index contributed by atoms with van der Waals surface area (Å²) in [7, 11) is 0. The molecule has 0 spiro atoms. The van der Waals surface area contributed by atoms with Gasteiger partial charge in [0, 0.05) is 44.0 Å². The monoisotopic (exact) mass is 731 g/mol. The summed E-state index contributed by atoms with van der Waals surface area (Å²) in [5.74, 6) is 0. The number of hydrogen-bond acceptors (Lipinski definition) is 2. The predicted molar refractivity (Wildman–Crippen MR) is 240 cm³/mol. The van der Waals surface area contributed by atoms with Gasteiger partial charge in [-0.3, -0.25) is 0 Å². The predicted octanol–water partition coefficient (Wildman–Crippen LogP) is 15.3. The molecule has 0 atom stereocenters. The summed E-state index contributed by atoms with van der Waals surface area (Å²) in [6.45, 7) is 4.80. The molecule has 272 valence electrons. The van der Waals surface area contributed by atoms with E-state index in [1.807, 2.05) is 0 Å². The number of furan rings is 1. The summed E-state index contributed by atoms with van der Waals surface area (Å²) in [5.41, 5.74) is 18.0. The van der Waals surface area contributed by atoms with Crippen molar-refractivity contribution in [3.63, 3.8) is 0 Å². The van der Waals surface area contributed by atoms with Gasteiger partial charge in [0.1, 0.15) is 11.2 Å². The second kappa shape index (κ2) is 13.1. The first-order valence-electron chi connectivity index (χ1n) is 20.1. The van der Waals surface area contributed by atoms with Gasteiger partial charge in [0.15, 0.2) is 0 Å². The van der Waals surface area contributed by atoms with Crippen molar-refractivity contribution >= 4 is 49.7 Å². The number of para-hydroxylation sites is 2. The van der Waals surface area contributed by atoms with E-state index in [-0.39, 0.29) is 5.41 Å².